The van der Waals surface area contributed by atoms with Gasteiger partial charge in [-0.05, 0) is 29.9 Å². The summed E-state index contributed by atoms with van der Waals surface area (Å²) in [5.41, 5.74) is 7.47. The van der Waals surface area contributed by atoms with Gasteiger partial charge in [-0.2, -0.15) is 0 Å². The highest BCUT2D eigenvalue weighted by Gasteiger charge is 2.03. The Kier molecular flexibility index (Phi) is 6.77. The number of halogens is 1. The summed E-state index contributed by atoms with van der Waals surface area (Å²) >= 11 is 11.0. The number of nitrogens with one attached hydrogen (secondary N) is 2. The first-order valence-corrected chi connectivity index (χ1v) is 7.92. The molecule has 0 radical (unpaired) electrons. The summed E-state index contributed by atoms with van der Waals surface area (Å²) in [6, 6.07) is 13.6. The number of pyridine rings is 1. The van der Waals surface area contributed by atoms with Gasteiger partial charge in [-0.15, -0.1) is 0 Å². The summed E-state index contributed by atoms with van der Waals surface area (Å²) in [4.78, 5) is 8.71. The number of hydrogen-bond acceptors (Lipinski definition) is 3. The third kappa shape index (κ3) is 6.22. The van der Waals surface area contributed by atoms with E-state index in [1.807, 2.05) is 36.4 Å². The minimum Gasteiger partial charge on any atom is -0.376 e. The van der Waals surface area contributed by atoms with Crippen LogP contribution >= 0.6 is 23.8 Å². The van der Waals surface area contributed by atoms with Crippen LogP contribution in [0, 0.1) is 0 Å². The van der Waals surface area contributed by atoms with Crippen molar-refractivity contribution < 1.29 is 0 Å². The van der Waals surface area contributed by atoms with E-state index in [0.29, 0.717) is 30.5 Å². The lowest BCUT2D eigenvalue weighted by atomic mass is 10.2. The highest BCUT2D eigenvalue weighted by atomic mass is 35.5. The number of aliphatic imine (C=N–C) groups is 1. The molecule has 0 spiro atoms. The van der Waals surface area contributed by atoms with Crippen molar-refractivity contribution in [3.05, 3.63) is 64.9 Å². The molecule has 0 saturated carbocycles. The molecule has 120 valence electrons. The second-order valence-corrected chi connectivity index (χ2v) is 5.60. The standard InChI is InChI=1S/C16H18ClN5S/c17-13-7-4-9-19-14(13)8-10-20-16(22-15(18)23)21-11-12-5-2-1-3-6-12/h1-7,9H,8,10-11H2,(H4,18,20,21,22,23). The SMILES string of the molecule is NC(=S)NC(=NCc1ccccc1)NCCc1ncccc1Cl. The van der Waals surface area contributed by atoms with Crippen LogP contribution in [0.1, 0.15) is 11.3 Å². The maximum Gasteiger partial charge on any atom is 0.197 e. The molecule has 1 aromatic carbocycles. The van der Waals surface area contributed by atoms with Crippen LogP contribution < -0.4 is 16.4 Å². The predicted octanol–water partition coefficient (Wildman–Crippen LogP) is 2.26. The fourth-order valence-corrected chi connectivity index (χ4v) is 2.22. The largest absolute Gasteiger partial charge is 0.376 e. The zero-order chi connectivity index (χ0) is 16.5. The van der Waals surface area contributed by atoms with Crippen molar-refractivity contribution in [2.45, 2.75) is 13.0 Å². The Morgan fingerprint density at radius 2 is 2.00 bits per heavy atom. The second kappa shape index (κ2) is 9.07. The quantitative estimate of drug-likeness (QED) is 0.439. The molecule has 0 aliphatic rings. The first-order chi connectivity index (χ1) is 11.1. The first kappa shape index (κ1) is 17.2. The molecule has 5 nitrogen and oxygen atoms in total. The van der Waals surface area contributed by atoms with Gasteiger partial charge < -0.3 is 16.4 Å². The number of aromatic nitrogens is 1. The molecule has 0 aliphatic heterocycles. The Labute approximate surface area is 146 Å². The molecule has 0 fully saturated rings. The smallest absolute Gasteiger partial charge is 0.197 e. The third-order valence-corrected chi connectivity index (χ3v) is 3.44. The van der Waals surface area contributed by atoms with Gasteiger partial charge in [0.1, 0.15) is 0 Å². The van der Waals surface area contributed by atoms with Gasteiger partial charge in [0.2, 0.25) is 0 Å². The molecule has 2 rings (SSSR count). The molecule has 0 amide bonds. The molecular weight excluding hydrogens is 330 g/mol. The van der Waals surface area contributed by atoms with Gasteiger partial charge in [0.05, 0.1) is 17.3 Å². The maximum atomic E-state index is 6.09. The van der Waals surface area contributed by atoms with Crippen LogP contribution in [0.5, 0.6) is 0 Å². The van der Waals surface area contributed by atoms with Gasteiger partial charge in [0.25, 0.3) is 0 Å². The van der Waals surface area contributed by atoms with E-state index in [1.165, 1.54) is 0 Å². The lowest BCUT2D eigenvalue weighted by Crippen LogP contribution is -2.44. The minimum atomic E-state index is 0.167. The van der Waals surface area contributed by atoms with Crippen molar-refractivity contribution in [3.63, 3.8) is 0 Å². The van der Waals surface area contributed by atoms with Crippen LogP contribution in [0.2, 0.25) is 5.02 Å². The van der Waals surface area contributed by atoms with Gasteiger partial charge >= 0.3 is 0 Å². The molecule has 0 atom stereocenters. The van der Waals surface area contributed by atoms with Crippen LogP contribution in [0.3, 0.4) is 0 Å². The van der Waals surface area contributed by atoms with Crippen molar-refractivity contribution in [1.82, 2.24) is 15.6 Å². The van der Waals surface area contributed by atoms with Crippen molar-refractivity contribution in [1.29, 1.82) is 0 Å². The number of nitrogens with two attached hydrogens (primary N) is 1. The summed E-state index contributed by atoms with van der Waals surface area (Å²) in [5, 5.41) is 6.83. The van der Waals surface area contributed by atoms with Crippen molar-refractivity contribution in [2.24, 2.45) is 10.7 Å². The Balaban J connectivity index is 1.93. The minimum absolute atomic E-state index is 0.167. The van der Waals surface area contributed by atoms with Gasteiger partial charge in [-0.25, -0.2) is 4.99 Å². The number of hydrogen-bond donors (Lipinski definition) is 3. The molecule has 1 aromatic heterocycles. The topological polar surface area (TPSA) is 75.3 Å². The van der Waals surface area contributed by atoms with Crippen molar-refractivity contribution in [2.75, 3.05) is 6.54 Å². The lowest BCUT2D eigenvalue weighted by molar-refractivity contribution is 0.818. The van der Waals surface area contributed by atoms with E-state index in [-0.39, 0.29) is 5.11 Å². The Bertz CT molecular complexity index is 675. The lowest BCUT2D eigenvalue weighted by Gasteiger charge is -2.11. The molecule has 0 bridgehead atoms. The fraction of sp³-hybridized carbons (Fsp3) is 0.188. The fourth-order valence-electron chi connectivity index (χ4n) is 1.91. The summed E-state index contributed by atoms with van der Waals surface area (Å²) in [6.07, 6.45) is 2.39. The summed E-state index contributed by atoms with van der Waals surface area (Å²) < 4.78 is 0. The van der Waals surface area contributed by atoms with E-state index in [9.17, 15) is 0 Å². The van der Waals surface area contributed by atoms with Crippen molar-refractivity contribution >= 4 is 34.9 Å². The van der Waals surface area contributed by atoms with Crippen LogP contribution in [0.4, 0.5) is 0 Å². The third-order valence-electron chi connectivity index (χ3n) is 2.99. The zero-order valence-corrected chi connectivity index (χ0v) is 14.1. The second-order valence-electron chi connectivity index (χ2n) is 4.75. The molecule has 23 heavy (non-hydrogen) atoms. The van der Waals surface area contributed by atoms with E-state index in [0.717, 1.165) is 11.3 Å². The molecule has 1 heterocycles. The van der Waals surface area contributed by atoms with Crippen LogP contribution in [-0.2, 0) is 13.0 Å². The van der Waals surface area contributed by atoms with Gasteiger partial charge in [0, 0.05) is 19.2 Å². The first-order valence-electron chi connectivity index (χ1n) is 7.13. The van der Waals surface area contributed by atoms with Gasteiger partial charge in [-0.1, -0.05) is 41.9 Å². The molecule has 7 heteroatoms. The molecule has 0 aliphatic carbocycles. The predicted molar refractivity (Wildman–Crippen MR) is 98.5 cm³/mol. The monoisotopic (exact) mass is 347 g/mol. The number of thiocarbonyl (C=S) groups is 1. The number of rotatable bonds is 5. The van der Waals surface area contributed by atoms with E-state index in [1.54, 1.807) is 12.3 Å². The highest BCUT2D eigenvalue weighted by molar-refractivity contribution is 7.80. The van der Waals surface area contributed by atoms with Gasteiger partial charge in [0.15, 0.2) is 11.1 Å². The maximum absolute atomic E-state index is 6.09. The Morgan fingerprint density at radius 1 is 1.22 bits per heavy atom. The summed E-state index contributed by atoms with van der Waals surface area (Å²) in [5.74, 6) is 0.536. The summed E-state index contributed by atoms with van der Waals surface area (Å²) in [7, 11) is 0. The normalized spacial score (nSPS) is 11.1. The van der Waals surface area contributed by atoms with E-state index in [4.69, 9.17) is 29.6 Å². The molecule has 0 saturated heterocycles. The molecule has 0 unspecified atom stereocenters. The van der Waals surface area contributed by atoms with E-state index < -0.39 is 0 Å². The zero-order valence-electron chi connectivity index (χ0n) is 12.5. The van der Waals surface area contributed by atoms with Crippen molar-refractivity contribution in [3.8, 4) is 0 Å². The highest BCUT2D eigenvalue weighted by Crippen LogP contribution is 2.11. The summed E-state index contributed by atoms with van der Waals surface area (Å²) in [6.45, 7) is 1.14. The van der Waals surface area contributed by atoms with E-state index >= 15 is 0 Å². The van der Waals surface area contributed by atoms with E-state index in [2.05, 4.69) is 20.6 Å². The Hall–Kier alpha value is -2.18. The van der Waals surface area contributed by atoms with Crippen LogP contribution in [-0.4, -0.2) is 22.6 Å². The molecule has 2 aromatic rings. The number of benzene rings is 1. The van der Waals surface area contributed by atoms with Crippen LogP contribution in [0.25, 0.3) is 0 Å². The average Bonchev–Trinajstić information content (AvgIpc) is 2.55. The molecule has 4 N–H and O–H groups in total. The van der Waals surface area contributed by atoms with Crippen LogP contribution in [0.15, 0.2) is 53.7 Å². The number of guanidine groups is 1. The Morgan fingerprint density at radius 3 is 2.70 bits per heavy atom. The van der Waals surface area contributed by atoms with Gasteiger partial charge in [-0.3, -0.25) is 4.98 Å². The average molecular weight is 348 g/mol. The molecular formula is C16H18ClN5S. The number of nitrogens with zero attached hydrogens (tertiary/aromatic N) is 2.